The second-order valence-electron chi connectivity index (χ2n) is 5.76. The summed E-state index contributed by atoms with van der Waals surface area (Å²) in [6.07, 6.45) is 6.24. The molecule has 0 aliphatic carbocycles. The maximum absolute atomic E-state index is 13.1. The molecule has 130 valence electrons. The first-order valence-electron chi connectivity index (χ1n) is 8.03. The lowest BCUT2D eigenvalue weighted by atomic mass is 10.2. The monoisotopic (exact) mass is 350 g/mol. The van der Waals surface area contributed by atoms with Crippen molar-refractivity contribution in [1.29, 1.82) is 0 Å². The molecular formula is C15H22N6O2S. The summed E-state index contributed by atoms with van der Waals surface area (Å²) >= 11 is 0. The van der Waals surface area contributed by atoms with Gasteiger partial charge in [0.2, 0.25) is 10.0 Å². The quantitative estimate of drug-likeness (QED) is 0.880. The van der Waals surface area contributed by atoms with Gasteiger partial charge >= 0.3 is 0 Å². The molecule has 3 rings (SSSR count). The molecule has 2 aromatic rings. The number of nitrogens with one attached hydrogen (secondary N) is 1. The van der Waals surface area contributed by atoms with Crippen LogP contribution in [-0.4, -0.2) is 46.1 Å². The predicted octanol–water partition coefficient (Wildman–Crippen LogP) is 1.57. The van der Waals surface area contributed by atoms with Gasteiger partial charge in [0.15, 0.2) is 0 Å². The van der Waals surface area contributed by atoms with E-state index in [1.165, 1.54) is 10.5 Å². The van der Waals surface area contributed by atoms with E-state index in [2.05, 4.69) is 20.4 Å². The Labute approximate surface area is 142 Å². The molecule has 0 spiro atoms. The third-order valence-corrected chi connectivity index (χ3v) is 6.41. The van der Waals surface area contributed by atoms with Crippen LogP contribution in [0, 0.1) is 6.92 Å². The number of anilines is 1. The van der Waals surface area contributed by atoms with Crippen LogP contribution < -0.4 is 5.32 Å². The van der Waals surface area contributed by atoms with Gasteiger partial charge in [-0.15, -0.1) is 0 Å². The number of rotatable bonds is 5. The Bertz CT molecular complexity index is 832. The summed E-state index contributed by atoms with van der Waals surface area (Å²) < 4.78 is 29.5. The van der Waals surface area contributed by atoms with Crippen molar-refractivity contribution in [3.63, 3.8) is 0 Å². The fourth-order valence-electron chi connectivity index (χ4n) is 3.11. The maximum Gasteiger partial charge on any atom is 0.247 e. The third kappa shape index (κ3) is 2.78. The van der Waals surface area contributed by atoms with Crippen LogP contribution in [0.2, 0.25) is 0 Å². The van der Waals surface area contributed by atoms with Crippen LogP contribution in [0.3, 0.4) is 0 Å². The molecular weight excluding hydrogens is 328 g/mol. The van der Waals surface area contributed by atoms with Crippen molar-refractivity contribution in [2.24, 2.45) is 0 Å². The fourth-order valence-corrected chi connectivity index (χ4v) is 4.94. The largest absolute Gasteiger partial charge is 0.372 e. The lowest BCUT2D eigenvalue weighted by Crippen LogP contribution is -2.31. The van der Waals surface area contributed by atoms with Crippen LogP contribution in [-0.2, 0) is 16.6 Å². The molecule has 1 fully saturated rings. The second-order valence-corrected chi connectivity index (χ2v) is 7.62. The van der Waals surface area contributed by atoms with E-state index in [-0.39, 0.29) is 10.9 Å². The normalized spacial score (nSPS) is 18.9. The minimum atomic E-state index is -3.61. The molecule has 24 heavy (non-hydrogen) atoms. The first-order valence-corrected chi connectivity index (χ1v) is 9.47. The maximum atomic E-state index is 13.1. The SMILES string of the molecule is CCn1ncc(S(=O)(=O)N2CCCC2c2cncc(NC)n2)c1C. The van der Waals surface area contributed by atoms with Crippen LogP contribution in [0.4, 0.5) is 5.82 Å². The molecule has 0 bridgehead atoms. The van der Waals surface area contributed by atoms with Crippen LogP contribution >= 0.6 is 0 Å². The Morgan fingerprint density at radius 3 is 2.79 bits per heavy atom. The molecule has 0 radical (unpaired) electrons. The molecule has 1 N–H and O–H groups in total. The van der Waals surface area contributed by atoms with E-state index in [1.54, 1.807) is 31.0 Å². The summed E-state index contributed by atoms with van der Waals surface area (Å²) in [6, 6.07) is -0.292. The first kappa shape index (κ1) is 16.8. The summed E-state index contributed by atoms with van der Waals surface area (Å²) in [5, 5.41) is 7.11. The highest BCUT2D eigenvalue weighted by Gasteiger charge is 2.38. The van der Waals surface area contributed by atoms with Gasteiger partial charge < -0.3 is 5.32 Å². The van der Waals surface area contributed by atoms with E-state index in [4.69, 9.17) is 0 Å². The van der Waals surface area contributed by atoms with Gasteiger partial charge in [-0.2, -0.15) is 9.40 Å². The van der Waals surface area contributed by atoms with E-state index in [0.29, 0.717) is 30.3 Å². The Kier molecular flexibility index (Phi) is 4.55. The number of nitrogens with zero attached hydrogens (tertiary/aromatic N) is 5. The van der Waals surface area contributed by atoms with Crippen molar-refractivity contribution >= 4 is 15.8 Å². The molecule has 2 aromatic heterocycles. The second kappa shape index (κ2) is 6.48. The highest BCUT2D eigenvalue weighted by atomic mass is 32.2. The molecule has 8 nitrogen and oxygen atoms in total. The number of sulfonamides is 1. The number of hydrogen-bond acceptors (Lipinski definition) is 6. The molecule has 0 amide bonds. The summed E-state index contributed by atoms with van der Waals surface area (Å²) in [5.41, 5.74) is 1.33. The van der Waals surface area contributed by atoms with E-state index < -0.39 is 10.0 Å². The first-order chi connectivity index (χ1) is 11.5. The molecule has 1 aliphatic heterocycles. The van der Waals surface area contributed by atoms with E-state index >= 15 is 0 Å². The summed E-state index contributed by atoms with van der Waals surface area (Å²) in [7, 11) is -1.85. The minimum Gasteiger partial charge on any atom is -0.372 e. The van der Waals surface area contributed by atoms with Gasteiger partial charge in [-0.3, -0.25) is 9.67 Å². The standard InChI is InChI=1S/C15H22N6O2S/c1-4-20-11(2)14(9-18-20)24(22,23)21-7-5-6-13(21)12-8-17-10-15(16-3)19-12/h8-10,13H,4-7H2,1-3H3,(H,16,19). The Balaban J connectivity index is 1.98. The van der Waals surface area contributed by atoms with Crippen molar-refractivity contribution in [1.82, 2.24) is 24.1 Å². The lowest BCUT2D eigenvalue weighted by molar-refractivity contribution is 0.389. The van der Waals surface area contributed by atoms with Crippen molar-refractivity contribution < 1.29 is 8.42 Å². The topological polar surface area (TPSA) is 93.0 Å². The Morgan fingerprint density at radius 1 is 1.33 bits per heavy atom. The molecule has 9 heteroatoms. The van der Waals surface area contributed by atoms with Gasteiger partial charge in [-0.25, -0.2) is 13.4 Å². The average Bonchev–Trinajstić information content (AvgIpc) is 3.22. The number of aryl methyl sites for hydroxylation is 1. The Morgan fingerprint density at radius 2 is 2.12 bits per heavy atom. The highest BCUT2D eigenvalue weighted by molar-refractivity contribution is 7.89. The number of aromatic nitrogens is 4. The van der Waals surface area contributed by atoms with Crippen LogP contribution in [0.25, 0.3) is 0 Å². The van der Waals surface area contributed by atoms with Gasteiger partial charge in [0.25, 0.3) is 0 Å². The van der Waals surface area contributed by atoms with Crippen molar-refractivity contribution in [2.75, 3.05) is 18.9 Å². The molecule has 0 saturated carbocycles. The van der Waals surface area contributed by atoms with Gasteiger partial charge in [0.05, 0.1) is 36.0 Å². The third-order valence-electron chi connectivity index (χ3n) is 4.40. The van der Waals surface area contributed by atoms with E-state index in [9.17, 15) is 8.42 Å². The van der Waals surface area contributed by atoms with Gasteiger partial charge in [0, 0.05) is 20.1 Å². The smallest absolute Gasteiger partial charge is 0.247 e. The lowest BCUT2D eigenvalue weighted by Gasteiger charge is -2.23. The number of hydrogen-bond donors (Lipinski definition) is 1. The molecule has 1 aliphatic rings. The Hall–Kier alpha value is -2.00. The molecule has 0 aromatic carbocycles. The van der Waals surface area contributed by atoms with Crippen molar-refractivity contribution in [3.8, 4) is 0 Å². The van der Waals surface area contributed by atoms with Crippen LogP contribution in [0.5, 0.6) is 0 Å². The summed E-state index contributed by atoms with van der Waals surface area (Å²) in [4.78, 5) is 8.91. The van der Waals surface area contributed by atoms with E-state index in [0.717, 1.165) is 12.8 Å². The average molecular weight is 350 g/mol. The molecule has 3 heterocycles. The summed E-state index contributed by atoms with van der Waals surface area (Å²) in [5.74, 6) is 0.631. The zero-order valence-corrected chi connectivity index (χ0v) is 14.9. The molecule has 1 saturated heterocycles. The highest BCUT2D eigenvalue weighted by Crippen LogP contribution is 2.36. The van der Waals surface area contributed by atoms with E-state index in [1.807, 2.05) is 6.92 Å². The van der Waals surface area contributed by atoms with Gasteiger partial charge in [0.1, 0.15) is 10.7 Å². The fraction of sp³-hybridized carbons (Fsp3) is 0.533. The van der Waals surface area contributed by atoms with Gasteiger partial charge in [-0.05, 0) is 26.7 Å². The van der Waals surface area contributed by atoms with Gasteiger partial charge in [-0.1, -0.05) is 0 Å². The molecule has 1 unspecified atom stereocenters. The van der Waals surface area contributed by atoms with Crippen LogP contribution in [0.15, 0.2) is 23.5 Å². The van der Waals surface area contributed by atoms with Crippen molar-refractivity contribution in [3.05, 3.63) is 30.0 Å². The molecule has 1 atom stereocenters. The predicted molar refractivity (Wildman–Crippen MR) is 90.1 cm³/mol. The summed E-state index contributed by atoms with van der Waals surface area (Å²) in [6.45, 7) is 4.85. The van der Waals surface area contributed by atoms with Crippen LogP contribution in [0.1, 0.15) is 37.2 Å². The zero-order valence-electron chi connectivity index (χ0n) is 14.1. The van der Waals surface area contributed by atoms with Crippen molar-refractivity contribution in [2.45, 2.75) is 44.2 Å². The zero-order chi connectivity index (χ0) is 17.3. The minimum absolute atomic E-state index is 0.272.